The highest BCUT2D eigenvalue weighted by atomic mass is 32.1. The molecule has 3 aliphatic carbocycles. The number of aliphatic hydroxyl groups excluding tert-OH is 1. The smallest absolute Gasteiger partial charge is 0.350 e. The van der Waals surface area contributed by atoms with E-state index in [1.165, 1.54) is 24.0 Å². The highest BCUT2D eigenvalue weighted by molar-refractivity contribution is 7.15. The standard InChI is InChI=1S/C28H39NO6S/c1-18-3-5-20(6-4-18)26(31)29(21-7-9-22(30)10-8-21)23-17-24(36-25(23)27(32)33-2)19-11-13-28(14-12-19)34-15-16-35-28/h11,17-18,20-22,30H,3-10,12-16H2,1-2H3/t18-,20-,21-,22-. The zero-order valence-electron chi connectivity index (χ0n) is 21.5. The third-order valence-corrected chi connectivity index (χ3v) is 9.72. The largest absolute Gasteiger partial charge is 0.465 e. The molecule has 198 valence electrons. The summed E-state index contributed by atoms with van der Waals surface area (Å²) in [5.41, 5.74) is 1.85. The van der Waals surface area contributed by atoms with Crippen LogP contribution < -0.4 is 4.90 Å². The molecule has 5 rings (SSSR count). The highest BCUT2D eigenvalue weighted by Crippen LogP contribution is 2.44. The fraction of sp³-hybridized carbons (Fsp3) is 0.714. The van der Waals surface area contributed by atoms with Gasteiger partial charge in [-0.3, -0.25) is 4.79 Å². The van der Waals surface area contributed by atoms with E-state index in [4.69, 9.17) is 14.2 Å². The van der Waals surface area contributed by atoms with Gasteiger partial charge in [-0.05, 0) is 75.3 Å². The second-order valence-corrected chi connectivity index (χ2v) is 12.0. The number of ether oxygens (including phenoxy) is 3. The van der Waals surface area contributed by atoms with Crippen molar-refractivity contribution >= 4 is 34.5 Å². The highest BCUT2D eigenvalue weighted by Gasteiger charge is 2.40. The van der Waals surface area contributed by atoms with Crippen molar-refractivity contribution in [2.45, 2.75) is 95.5 Å². The predicted octanol–water partition coefficient (Wildman–Crippen LogP) is 5.31. The van der Waals surface area contributed by atoms with Crippen LogP contribution in [0.15, 0.2) is 12.1 Å². The van der Waals surface area contributed by atoms with Crippen molar-refractivity contribution < 1.29 is 28.9 Å². The summed E-state index contributed by atoms with van der Waals surface area (Å²) in [6, 6.07) is 2.01. The Bertz CT molecular complexity index is 980. The first-order valence-electron chi connectivity index (χ1n) is 13.6. The van der Waals surface area contributed by atoms with E-state index in [1.54, 1.807) is 0 Å². The van der Waals surface area contributed by atoms with E-state index in [9.17, 15) is 14.7 Å². The molecule has 1 aromatic rings. The van der Waals surface area contributed by atoms with Crippen LogP contribution in [0.4, 0.5) is 5.69 Å². The fourth-order valence-corrected chi connectivity index (χ4v) is 7.40. The van der Waals surface area contributed by atoms with Gasteiger partial charge in [-0.1, -0.05) is 13.0 Å². The van der Waals surface area contributed by atoms with E-state index in [1.807, 2.05) is 11.0 Å². The van der Waals surface area contributed by atoms with Crippen LogP contribution in [0.5, 0.6) is 0 Å². The minimum absolute atomic E-state index is 0.0185. The first-order valence-corrected chi connectivity index (χ1v) is 14.4. The van der Waals surface area contributed by atoms with Crippen LogP contribution in [0.25, 0.3) is 5.57 Å². The van der Waals surface area contributed by atoms with Gasteiger partial charge in [0.2, 0.25) is 5.91 Å². The molecule has 2 saturated carbocycles. The Morgan fingerprint density at radius 3 is 2.39 bits per heavy atom. The van der Waals surface area contributed by atoms with Gasteiger partial charge in [0.1, 0.15) is 4.88 Å². The number of rotatable bonds is 5. The molecule has 0 bridgehead atoms. The number of hydrogen-bond acceptors (Lipinski definition) is 7. The summed E-state index contributed by atoms with van der Waals surface area (Å²) in [5, 5.41) is 10.1. The second kappa shape index (κ2) is 10.9. The molecule has 1 aromatic heterocycles. The molecule has 0 radical (unpaired) electrons. The Balaban J connectivity index is 1.48. The average molecular weight is 518 g/mol. The van der Waals surface area contributed by atoms with Gasteiger partial charge in [-0.25, -0.2) is 4.79 Å². The number of methoxy groups -OCH3 is 1. The van der Waals surface area contributed by atoms with Gasteiger partial charge < -0.3 is 24.2 Å². The van der Waals surface area contributed by atoms with Crippen LogP contribution in [0, 0.1) is 11.8 Å². The van der Waals surface area contributed by atoms with Gasteiger partial charge >= 0.3 is 5.97 Å². The molecule has 1 spiro atoms. The Hall–Kier alpha value is -1.74. The average Bonchev–Trinajstić information content (AvgIpc) is 3.54. The van der Waals surface area contributed by atoms with Crippen molar-refractivity contribution in [1.82, 2.24) is 0 Å². The van der Waals surface area contributed by atoms with Crippen molar-refractivity contribution in [3.05, 3.63) is 21.9 Å². The SMILES string of the molecule is COC(=O)c1sc(C2=CCC3(CC2)OCCO3)cc1N(C(=O)[C@H]1CC[C@H](C)CC1)[C@H]1CC[C@H](O)CC1. The monoisotopic (exact) mass is 517 g/mol. The summed E-state index contributed by atoms with van der Waals surface area (Å²) < 4.78 is 16.9. The molecule has 7 nitrogen and oxygen atoms in total. The molecule has 0 aromatic carbocycles. The van der Waals surface area contributed by atoms with Gasteiger partial charge in [-0.2, -0.15) is 0 Å². The molecule has 1 N–H and O–H groups in total. The number of carbonyl (C=O) groups is 2. The maximum Gasteiger partial charge on any atom is 0.350 e. The van der Waals surface area contributed by atoms with Gasteiger partial charge in [0.15, 0.2) is 5.79 Å². The maximum atomic E-state index is 14.1. The van der Waals surface area contributed by atoms with Crippen LogP contribution in [0.1, 0.15) is 92.1 Å². The van der Waals surface area contributed by atoms with Crippen molar-refractivity contribution in [3.8, 4) is 0 Å². The molecule has 2 heterocycles. The lowest BCUT2D eigenvalue weighted by atomic mass is 9.81. The molecule has 4 aliphatic rings. The molecule has 1 aliphatic heterocycles. The Morgan fingerprint density at radius 1 is 1.08 bits per heavy atom. The van der Waals surface area contributed by atoms with Crippen molar-refractivity contribution in [1.29, 1.82) is 0 Å². The van der Waals surface area contributed by atoms with E-state index in [0.717, 1.165) is 56.2 Å². The van der Waals surface area contributed by atoms with E-state index in [-0.39, 0.29) is 24.0 Å². The molecule has 3 fully saturated rings. The Kier molecular flexibility index (Phi) is 7.86. The molecular weight excluding hydrogens is 478 g/mol. The summed E-state index contributed by atoms with van der Waals surface area (Å²) >= 11 is 1.42. The number of aliphatic hydroxyl groups is 1. The van der Waals surface area contributed by atoms with E-state index in [2.05, 4.69) is 13.0 Å². The van der Waals surface area contributed by atoms with Gasteiger partial charge in [0.05, 0.1) is 32.1 Å². The number of esters is 1. The lowest BCUT2D eigenvalue weighted by Gasteiger charge is -2.39. The lowest BCUT2D eigenvalue weighted by molar-refractivity contribution is -0.159. The number of amides is 1. The fourth-order valence-electron chi connectivity index (χ4n) is 6.26. The first-order chi connectivity index (χ1) is 17.4. The molecular formula is C28H39NO6S. The van der Waals surface area contributed by atoms with Crippen LogP contribution in [0.2, 0.25) is 0 Å². The van der Waals surface area contributed by atoms with Crippen LogP contribution in [-0.4, -0.2) is 55.2 Å². The van der Waals surface area contributed by atoms with Gasteiger partial charge in [-0.15, -0.1) is 11.3 Å². The molecule has 1 saturated heterocycles. The first kappa shape index (κ1) is 25.9. The summed E-state index contributed by atoms with van der Waals surface area (Å²) in [6.45, 7) is 3.52. The number of carbonyl (C=O) groups excluding carboxylic acids is 2. The van der Waals surface area contributed by atoms with Crippen LogP contribution >= 0.6 is 11.3 Å². The van der Waals surface area contributed by atoms with Crippen molar-refractivity contribution in [3.63, 3.8) is 0 Å². The summed E-state index contributed by atoms with van der Waals surface area (Å²) in [7, 11) is 1.40. The quantitative estimate of drug-likeness (QED) is 0.533. The van der Waals surface area contributed by atoms with Gasteiger partial charge in [0, 0.05) is 29.7 Å². The lowest BCUT2D eigenvalue weighted by Crippen LogP contribution is -2.47. The number of nitrogens with zero attached hydrogens (tertiary/aromatic N) is 1. The Morgan fingerprint density at radius 2 is 1.78 bits per heavy atom. The van der Waals surface area contributed by atoms with E-state index < -0.39 is 11.8 Å². The zero-order valence-corrected chi connectivity index (χ0v) is 22.3. The summed E-state index contributed by atoms with van der Waals surface area (Å²) in [4.78, 5) is 30.5. The van der Waals surface area contributed by atoms with Crippen molar-refractivity contribution in [2.24, 2.45) is 11.8 Å². The molecule has 1 amide bonds. The summed E-state index contributed by atoms with van der Waals surface area (Å²) in [5.74, 6) is -0.144. The normalized spacial score (nSPS) is 30.1. The minimum Gasteiger partial charge on any atom is -0.465 e. The third-order valence-electron chi connectivity index (χ3n) is 8.54. The van der Waals surface area contributed by atoms with E-state index in [0.29, 0.717) is 49.0 Å². The topological polar surface area (TPSA) is 85.3 Å². The third kappa shape index (κ3) is 5.28. The van der Waals surface area contributed by atoms with Crippen LogP contribution in [0.3, 0.4) is 0 Å². The molecule has 0 atom stereocenters. The maximum absolute atomic E-state index is 14.1. The molecule has 36 heavy (non-hydrogen) atoms. The second-order valence-electron chi connectivity index (χ2n) is 11.0. The molecule has 0 unspecified atom stereocenters. The van der Waals surface area contributed by atoms with Crippen LogP contribution in [-0.2, 0) is 19.0 Å². The number of hydrogen-bond donors (Lipinski definition) is 1. The van der Waals surface area contributed by atoms with Crippen molar-refractivity contribution in [2.75, 3.05) is 25.2 Å². The predicted molar refractivity (Wildman–Crippen MR) is 139 cm³/mol. The minimum atomic E-state index is -0.502. The zero-order chi connectivity index (χ0) is 25.3. The number of thiophene rings is 1. The Labute approximate surface area is 217 Å². The number of anilines is 1. The molecule has 8 heteroatoms. The van der Waals surface area contributed by atoms with Gasteiger partial charge in [0.25, 0.3) is 0 Å². The summed E-state index contributed by atoms with van der Waals surface area (Å²) in [6.07, 6.45) is 10.8. The van der Waals surface area contributed by atoms with E-state index >= 15 is 0 Å². The number of allylic oxidation sites excluding steroid dienone is 1.